The number of nitrogens with zero attached hydrogens (tertiary/aromatic N) is 2. The lowest BCUT2D eigenvalue weighted by Crippen LogP contribution is -2.68. The van der Waals surface area contributed by atoms with Crippen molar-refractivity contribution in [1.82, 2.24) is 8.96 Å². The molecule has 12 rings (SSSR count). The molecule has 0 saturated carbocycles. The van der Waals surface area contributed by atoms with Gasteiger partial charge in [0.25, 0.3) is 0 Å². The second-order valence-electron chi connectivity index (χ2n) is 23.0. The predicted molar refractivity (Wildman–Crippen MR) is 340 cm³/mol. The SMILES string of the molecule is C=CCO[C@@H]1O[C@@H](C)[C@H](OCc2ccccc2)[C@@H](OCc2ccccc2)[C@H]1O[C@H]1O[C@H](COCc2ccccc2)[C@@H](O[C@@H]2O[C@@H]3CO[C@@H](c4ccccc4)O[C@H]3[C@H](OCc3ccccc3)[C@H]2OS(=O)(=O)n2ccnc2)[C@H](OCc2ccccc2)[C@H]1OCc1ccccc1. The lowest BCUT2D eigenvalue weighted by Gasteiger charge is -2.52. The Morgan fingerprint density at radius 1 is 0.484 bits per heavy atom. The predicted octanol–water partition coefficient (Wildman–Crippen LogP) is 10.8. The summed E-state index contributed by atoms with van der Waals surface area (Å²) in [5.41, 5.74) is 5.92. The smallest absolute Gasteiger partial charge is 0.367 e. The van der Waals surface area contributed by atoms with Crippen LogP contribution in [0.1, 0.15) is 52.2 Å². The molecule has 4 saturated heterocycles. The second kappa shape index (κ2) is 32.8. The number of rotatable bonds is 30. The van der Waals surface area contributed by atoms with Crippen LogP contribution in [-0.4, -0.2) is 129 Å². The second-order valence-corrected chi connectivity index (χ2v) is 24.5. The number of hydrogen-bond acceptors (Lipinski definition) is 18. The van der Waals surface area contributed by atoms with Crippen LogP contribution in [0.2, 0.25) is 0 Å². The fourth-order valence-electron chi connectivity index (χ4n) is 11.8. The fourth-order valence-corrected chi connectivity index (χ4v) is 12.7. The lowest BCUT2D eigenvalue weighted by molar-refractivity contribution is -0.403. The molecule has 16 atom stereocenters. The Kier molecular flexibility index (Phi) is 23.2. The van der Waals surface area contributed by atoms with Crippen LogP contribution in [0, 0.1) is 0 Å². The zero-order valence-electron chi connectivity index (χ0n) is 51.6. The molecule has 93 heavy (non-hydrogen) atoms. The molecule has 0 aliphatic carbocycles. The molecule has 4 aliphatic heterocycles. The average molecular weight is 1290 g/mol. The minimum Gasteiger partial charge on any atom is -0.374 e. The van der Waals surface area contributed by atoms with Crippen LogP contribution in [-0.2, 0) is 120 Å². The van der Waals surface area contributed by atoms with Gasteiger partial charge in [-0.25, -0.2) is 13.1 Å². The van der Waals surface area contributed by atoms with E-state index in [9.17, 15) is 8.42 Å². The van der Waals surface area contributed by atoms with Gasteiger partial charge in [-0.2, -0.15) is 8.42 Å². The summed E-state index contributed by atoms with van der Waals surface area (Å²) in [6, 6.07) is 67.7. The van der Waals surface area contributed by atoms with E-state index in [1.165, 1.54) is 12.4 Å². The van der Waals surface area contributed by atoms with Crippen molar-refractivity contribution in [3.05, 3.63) is 283 Å². The van der Waals surface area contributed by atoms with Crippen LogP contribution in [0.15, 0.2) is 244 Å². The lowest BCUT2D eigenvalue weighted by atomic mass is 9.95. The topological polar surface area (TPSA) is 190 Å². The van der Waals surface area contributed by atoms with Crippen LogP contribution in [0.25, 0.3) is 0 Å². The van der Waals surface area contributed by atoms with Crippen LogP contribution >= 0.6 is 0 Å². The fraction of sp³-hybridized carbons (Fsp3) is 0.356. The van der Waals surface area contributed by atoms with Crippen LogP contribution < -0.4 is 0 Å². The maximum absolute atomic E-state index is 14.8. The molecular weight excluding hydrogens is 1210 g/mol. The van der Waals surface area contributed by atoms with E-state index in [2.05, 4.69) is 11.6 Å². The summed E-state index contributed by atoms with van der Waals surface area (Å²) in [5.74, 6) is 0. The molecule has 0 spiro atoms. The summed E-state index contributed by atoms with van der Waals surface area (Å²) < 4.78 is 135. The Bertz CT molecular complexity index is 3580. The van der Waals surface area contributed by atoms with Crippen molar-refractivity contribution < 1.29 is 78.9 Å². The Balaban J connectivity index is 0.969. The van der Waals surface area contributed by atoms with E-state index in [1.807, 2.05) is 219 Å². The van der Waals surface area contributed by atoms with Crippen molar-refractivity contribution in [1.29, 1.82) is 0 Å². The van der Waals surface area contributed by atoms with E-state index in [1.54, 1.807) is 6.08 Å². The number of benzene rings is 7. The van der Waals surface area contributed by atoms with Gasteiger partial charge in [0, 0.05) is 18.0 Å². The quantitative estimate of drug-likeness (QED) is 0.0386. The Labute approximate surface area is 543 Å². The minimum absolute atomic E-state index is 0.0156. The molecule has 488 valence electrons. The van der Waals surface area contributed by atoms with E-state index in [0.29, 0.717) is 0 Å². The van der Waals surface area contributed by atoms with Gasteiger partial charge in [-0.1, -0.05) is 218 Å². The number of ether oxygens (including phenoxy) is 14. The Morgan fingerprint density at radius 3 is 1.44 bits per heavy atom. The highest BCUT2D eigenvalue weighted by Gasteiger charge is 2.58. The normalized spacial score (nSPS) is 28.1. The highest BCUT2D eigenvalue weighted by molar-refractivity contribution is 7.85. The summed E-state index contributed by atoms with van der Waals surface area (Å²) in [6.45, 7) is 6.49. The van der Waals surface area contributed by atoms with E-state index in [4.69, 9.17) is 70.5 Å². The molecular formula is C73H78N2O17S. The standard InChI is InChI=1S/C73H78N2O17S/c1-3-41-79-71-68(64(81-44-54-29-15-6-16-30-54)61(51(2)86-71)80-43-53-27-13-5-14-28-53)91-72-67(84-47-57-35-21-9-22-36-57)65(82-45-55-31-17-7-18-32-55)62(59(87-72)48-78-42-52-25-11-4-12-26-52)90-73-69(92-93(76,77)75-40-39-74-50-75)66(83-46-56-33-19-8-20-34-56)63-60(88-73)49-85-70(89-63)58-37-23-10-24-38-58/h3-40,50-51,59-73H,1,41-49H2,2H3/t51-,59+,60+,61-,62+,63+,64+,65-,66-,67+,68+,69+,70+,71+,72+,73-/m0/s1. The van der Waals surface area contributed by atoms with Gasteiger partial charge in [0.05, 0.1) is 65.6 Å². The van der Waals surface area contributed by atoms with Crippen molar-refractivity contribution >= 4 is 10.3 Å². The molecule has 4 fully saturated rings. The van der Waals surface area contributed by atoms with Crippen LogP contribution in [0.4, 0.5) is 0 Å². The van der Waals surface area contributed by atoms with Gasteiger partial charge in [0.1, 0.15) is 67.4 Å². The van der Waals surface area contributed by atoms with Crippen molar-refractivity contribution in [2.75, 3.05) is 19.8 Å². The van der Waals surface area contributed by atoms with Crippen LogP contribution in [0.3, 0.4) is 0 Å². The van der Waals surface area contributed by atoms with Crippen molar-refractivity contribution in [2.24, 2.45) is 0 Å². The van der Waals surface area contributed by atoms with Gasteiger partial charge < -0.3 is 66.3 Å². The number of imidazole rings is 1. The molecule has 1 aromatic heterocycles. The first kappa shape index (κ1) is 65.9. The Hall–Kier alpha value is -7.16. The third kappa shape index (κ3) is 17.4. The monoisotopic (exact) mass is 1290 g/mol. The first-order chi connectivity index (χ1) is 45.7. The first-order valence-electron chi connectivity index (χ1n) is 31.4. The number of fused-ring (bicyclic) bond motifs is 1. The molecule has 0 radical (unpaired) electrons. The van der Waals surface area contributed by atoms with Gasteiger partial charge in [0.2, 0.25) is 0 Å². The Morgan fingerprint density at radius 2 is 0.935 bits per heavy atom. The molecule has 8 aromatic rings. The van der Waals surface area contributed by atoms with E-state index < -0.39 is 109 Å². The number of aromatic nitrogens is 2. The van der Waals surface area contributed by atoms with Gasteiger partial charge in [-0.3, -0.25) is 0 Å². The first-order valence-corrected chi connectivity index (χ1v) is 32.7. The molecule has 19 nitrogen and oxygen atoms in total. The third-order valence-electron chi connectivity index (χ3n) is 16.4. The molecule has 20 heteroatoms. The molecule has 7 aromatic carbocycles. The maximum Gasteiger partial charge on any atom is 0.367 e. The van der Waals surface area contributed by atoms with Gasteiger partial charge in [0.15, 0.2) is 31.3 Å². The maximum atomic E-state index is 14.8. The molecule has 0 amide bonds. The molecule has 0 unspecified atom stereocenters. The zero-order valence-corrected chi connectivity index (χ0v) is 52.4. The van der Waals surface area contributed by atoms with Gasteiger partial charge in [-0.15, -0.1) is 6.58 Å². The van der Waals surface area contributed by atoms with Crippen molar-refractivity contribution in [2.45, 2.75) is 145 Å². The van der Waals surface area contributed by atoms with Crippen molar-refractivity contribution in [3.63, 3.8) is 0 Å². The number of hydrogen-bond donors (Lipinski definition) is 0. The summed E-state index contributed by atoms with van der Waals surface area (Å²) in [4.78, 5) is 4.05. The molecule has 0 N–H and O–H groups in total. The molecule has 5 heterocycles. The average Bonchev–Trinajstić information content (AvgIpc) is 0.917. The van der Waals surface area contributed by atoms with Gasteiger partial charge in [-0.05, 0) is 40.3 Å². The highest BCUT2D eigenvalue weighted by Crippen LogP contribution is 2.42. The van der Waals surface area contributed by atoms with Crippen molar-refractivity contribution in [3.8, 4) is 0 Å². The summed E-state index contributed by atoms with van der Waals surface area (Å²) >= 11 is 0. The third-order valence-corrected chi connectivity index (χ3v) is 17.6. The summed E-state index contributed by atoms with van der Waals surface area (Å²) in [6.07, 6.45) is -12.3. The highest BCUT2D eigenvalue weighted by atomic mass is 32.2. The van der Waals surface area contributed by atoms with Crippen LogP contribution in [0.5, 0.6) is 0 Å². The summed E-state index contributed by atoms with van der Waals surface area (Å²) in [5, 5.41) is 0. The largest absolute Gasteiger partial charge is 0.374 e. The molecule has 4 aliphatic rings. The zero-order chi connectivity index (χ0) is 63.6. The molecule has 0 bridgehead atoms. The summed E-state index contributed by atoms with van der Waals surface area (Å²) in [7, 11) is -4.73. The van der Waals surface area contributed by atoms with E-state index in [0.717, 1.165) is 49.2 Å². The van der Waals surface area contributed by atoms with E-state index >= 15 is 0 Å². The van der Waals surface area contributed by atoms with Gasteiger partial charge >= 0.3 is 10.3 Å². The minimum atomic E-state index is -4.73. The van der Waals surface area contributed by atoms with E-state index in [-0.39, 0.29) is 59.5 Å².